The quantitative estimate of drug-likeness (QED) is 0.589. The van der Waals surface area contributed by atoms with Gasteiger partial charge in [-0.3, -0.25) is 0 Å². The van der Waals surface area contributed by atoms with Crippen LogP contribution in [0.25, 0.3) is 0 Å². The van der Waals surface area contributed by atoms with E-state index in [0.717, 1.165) is 5.56 Å². The van der Waals surface area contributed by atoms with Crippen LogP contribution in [0.3, 0.4) is 0 Å². The van der Waals surface area contributed by atoms with Crippen LogP contribution in [0.1, 0.15) is 18.5 Å². The summed E-state index contributed by atoms with van der Waals surface area (Å²) in [6.07, 6.45) is 0. The van der Waals surface area contributed by atoms with Crippen molar-refractivity contribution in [3.63, 3.8) is 0 Å². The van der Waals surface area contributed by atoms with Gasteiger partial charge in [0.2, 0.25) is 0 Å². The van der Waals surface area contributed by atoms with Gasteiger partial charge in [-0.25, -0.2) is 0 Å². The molecule has 4 N–H and O–H groups in total. The highest BCUT2D eigenvalue weighted by molar-refractivity contribution is 6.62. The van der Waals surface area contributed by atoms with Crippen LogP contribution in [0.15, 0.2) is 18.2 Å². The van der Waals surface area contributed by atoms with Gasteiger partial charge in [0.25, 0.3) is 0 Å². The number of rotatable bonds is 2. The Kier molecular flexibility index (Phi) is 3.33. The molecule has 0 aliphatic rings. The zero-order valence-electron chi connectivity index (χ0n) is 7.24. The zero-order chi connectivity index (χ0) is 10.0. The van der Waals surface area contributed by atoms with E-state index in [-0.39, 0.29) is 6.04 Å². The molecule has 0 heterocycles. The molecule has 1 rings (SSSR count). The van der Waals surface area contributed by atoms with Crippen molar-refractivity contribution in [2.45, 2.75) is 13.0 Å². The molecule has 0 aliphatic carbocycles. The van der Waals surface area contributed by atoms with Crippen LogP contribution in [0.2, 0.25) is 5.02 Å². The molecule has 0 amide bonds. The van der Waals surface area contributed by atoms with Gasteiger partial charge >= 0.3 is 7.12 Å². The summed E-state index contributed by atoms with van der Waals surface area (Å²) in [6.45, 7) is 1.83. The molecule has 0 aliphatic heterocycles. The summed E-state index contributed by atoms with van der Waals surface area (Å²) in [7, 11) is -1.53. The number of hydrogen-bond acceptors (Lipinski definition) is 3. The molecule has 70 valence electrons. The lowest BCUT2D eigenvalue weighted by atomic mass is 9.79. The fourth-order valence-corrected chi connectivity index (χ4v) is 1.32. The van der Waals surface area contributed by atoms with Gasteiger partial charge in [-0.05, 0) is 18.6 Å². The van der Waals surface area contributed by atoms with Gasteiger partial charge in [0, 0.05) is 16.5 Å². The molecule has 5 heteroatoms. The average molecular weight is 199 g/mol. The minimum Gasteiger partial charge on any atom is -0.423 e. The lowest BCUT2D eigenvalue weighted by Crippen LogP contribution is -2.31. The van der Waals surface area contributed by atoms with E-state index in [1.54, 1.807) is 18.2 Å². The van der Waals surface area contributed by atoms with E-state index in [1.165, 1.54) is 0 Å². The van der Waals surface area contributed by atoms with E-state index >= 15 is 0 Å². The van der Waals surface area contributed by atoms with Crippen molar-refractivity contribution in [2.75, 3.05) is 0 Å². The molecule has 1 aromatic carbocycles. The first-order valence-corrected chi connectivity index (χ1v) is 4.31. The normalized spacial score (nSPS) is 12.7. The predicted molar refractivity (Wildman–Crippen MR) is 53.9 cm³/mol. The topological polar surface area (TPSA) is 66.5 Å². The van der Waals surface area contributed by atoms with Crippen molar-refractivity contribution in [1.29, 1.82) is 0 Å². The third-order valence-electron chi connectivity index (χ3n) is 1.83. The van der Waals surface area contributed by atoms with Gasteiger partial charge in [-0.15, -0.1) is 0 Å². The molecule has 0 aromatic heterocycles. The van der Waals surface area contributed by atoms with Crippen molar-refractivity contribution in [1.82, 2.24) is 0 Å². The van der Waals surface area contributed by atoms with Crippen molar-refractivity contribution in [2.24, 2.45) is 5.73 Å². The first-order chi connectivity index (χ1) is 6.02. The van der Waals surface area contributed by atoms with Crippen LogP contribution >= 0.6 is 11.6 Å². The zero-order valence-corrected chi connectivity index (χ0v) is 7.99. The van der Waals surface area contributed by atoms with Crippen LogP contribution in [-0.4, -0.2) is 17.2 Å². The number of benzene rings is 1. The Morgan fingerprint density at radius 2 is 2.08 bits per heavy atom. The summed E-state index contributed by atoms with van der Waals surface area (Å²) < 4.78 is 0. The summed E-state index contributed by atoms with van der Waals surface area (Å²) in [5.41, 5.74) is 6.79. The molecule has 13 heavy (non-hydrogen) atoms. The van der Waals surface area contributed by atoms with Gasteiger partial charge in [0.05, 0.1) is 0 Å². The third kappa shape index (κ3) is 2.45. The van der Waals surface area contributed by atoms with Gasteiger partial charge in [-0.2, -0.15) is 0 Å². The monoisotopic (exact) mass is 199 g/mol. The van der Waals surface area contributed by atoms with Crippen molar-refractivity contribution < 1.29 is 10.0 Å². The van der Waals surface area contributed by atoms with Crippen LogP contribution in [0.5, 0.6) is 0 Å². The SMILES string of the molecule is CC(N)c1ccc(B(O)O)c(Cl)c1. The predicted octanol–water partition coefficient (Wildman–Crippen LogP) is 0.0395. The van der Waals surface area contributed by atoms with Crippen LogP contribution in [-0.2, 0) is 0 Å². The molecule has 1 aromatic rings. The Labute approximate surface area is 82.3 Å². The Morgan fingerprint density at radius 3 is 2.46 bits per heavy atom. The molecule has 0 bridgehead atoms. The first-order valence-electron chi connectivity index (χ1n) is 3.93. The van der Waals surface area contributed by atoms with Crippen LogP contribution < -0.4 is 11.2 Å². The molecule has 1 atom stereocenters. The fraction of sp³-hybridized carbons (Fsp3) is 0.250. The van der Waals surface area contributed by atoms with Crippen molar-refractivity contribution in [3.8, 4) is 0 Å². The Hall–Kier alpha value is -0.545. The molecule has 1 unspecified atom stereocenters. The van der Waals surface area contributed by atoms with Crippen LogP contribution in [0, 0.1) is 0 Å². The summed E-state index contributed by atoms with van der Waals surface area (Å²) in [6, 6.07) is 4.82. The van der Waals surface area contributed by atoms with Crippen molar-refractivity contribution >= 4 is 24.2 Å². The van der Waals surface area contributed by atoms with E-state index in [9.17, 15) is 0 Å². The molecular formula is C8H11BClNO2. The maximum Gasteiger partial charge on any atom is 0.489 e. The van der Waals surface area contributed by atoms with Gasteiger partial charge in [0.15, 0.2) is 0 Å². The average Bonchev–Trinajstić information content (AvgIpc) is 2.03. The smallest absolute Gasteiger partial charge is 0.423 e. The maximum atomic E-state index is 8.87. The second kappa shape index (κ2) is 4.11. The second-order valence-corrected chi connectivity index (χ2v) is 3.35. The highest BCUT2D eigenvalue weighted by Gasteiger charge is 2.15. The molecule has 0 saturated heterocycles. The van der Waals surface area contributed by atoms with E-state index < -0.39 is 7.12 Å². The molecule has 0 radical (unpaired) electrons. The van der Waals surface area contributed by atoms with E-state index in [2.05, 4.69) is 0 Å². The molecule has 0 spiro atoms. The molecule has 0 fully saturated rings. The van der Waals surface area contributed by atoms with E-state index in [1.807, 2.05) is 6.92 Å². The van der Waals surface area contributed by atoms with Crippen molar-refractivity contribution in [3.05, 3.63) is 28.8 Å². The second-order valence-electron chi connectivity index (χ2n) is 2.94. The van der Waals surface area contributed by atoms with Gasteiger partial charge in [-0.1, -0.05) is 23.7 Å². The Balaban J connectivity index is 3.06. The largest absolute Gasteiger partial charge is 0.489 e. The number of hydrogen-bond donors (Lipinski definition) is 3. The Morgan fingerprint density at radius 1 is 1.46 bits per heavy atom. The minimum atomic E-state index is -1.53. The lowest BCUT2D eigenvalue weighted by molar-refractivity contribution is 0.426. The van der Waals surface area contributed by atoms with Gasteiger partial charge < -0.3 is 15.8 Å². The number of halogens is 1. The Bertz CT molecular complexity index is 304. The highest BCUT2D eigenvalue weighted by Crippen LogP contribution is 2.14. The minimum absolute atomic E-state index is 0.109. The van der Waals surface area contributed by atoms with E-state index in [4.69, 9.17) is 27.4 Å². The van der Waals surface area contributed by atoms with Crippen LogP contribution in [0.4, 0.5) is 0 Å². The molecule has 3 nitrogen and oxygen atoms in total. The molecule has 0 saturated carbocycles. The fourth-order valence-electron chi connectivity index (χ4n) is 1.04. The van der Waals surface area contributed by atoms with E-state index in [0.29, 0.717) is 10.5 Å². The first kappa shape index (κ1) is 10.5. The summed E-state index contributed by atoms with van der Waals surface area (Å²) in [5, 5.41) is 18.1. The highest BCUT2D eigenvalue weighted by atomic mass is 35.5. The summed E-state index contributed by atoms with van der Waals surface area (Å²) >= 11 is 5.79. The standard InChI is InChI=1S/C8H11BClNO2/c1-5(11)6-2-3-7(9(12)13)8(10)4-6/h2-5,12-13H,11H2,1H3. The summed E-state index contributed by atoms with van der Waals surface area (Å²) in [4.78, 5) is 0. The van der Waals surface area contributed by atoms with Gasteiger partial charge in [0.1, 0.15) is 0 Å². The summed E-state index contributed by atoms with van der Waals surface area (Å²) in [5.74, 6) is 0. The third-order valence-corrected chi connectivity index (χ3v) is 2.16. The lowest BCUT2D eigenvalue weighted by Gasteiger charge is -2.08. The maximum absolute atomic E-state index is 8.87. The number of nitrogens with two attached hydrogens (primary N) is 1. The molecular weight excluding hydrogens is 188 g/mol.